The Morgan fingerprint density at radius 3 is 2.31 bits per heavy atom. The third-order valence-electron chi connectivity index (χ3n) is 2.01. The molecule has 2 aromatic carbocycles. The molecule has 80 valence electrons. The molecule has 0 amide bonds. The fourth-order valence-electron chi connectivity index (χ4n) is 1.28. The molecule has 0 aliphatic heterocycles. The van der Waals surface area contributed by atoms with Crippen LogP contribution in [-0.2, 0) is 0 Å². The summed E-state index contributed by atoms with van der Waals surface area (Å²) in [6, 6.07) is 17.1. The molecule has 0 fully saturated rings. The van der Waals surface area contributed by atoms with Gasteiger partial charge in [-0.2, -0.15) is 0 Å². The molecule has 0 saturated heterocycles. The van der Waals surface area contributed by atoms with Crippen molar-refractivity contribution in [1.29, 1.82) is 0 Å². The zero-order valence-corrected chi connectivity index (χ0v) is 10.5. The second-order valence-electron chi connectivity index (χ2n) is 3.19. The van der Waals surface area contributed by atoms with Crippen molar-refractivity contribution >= 4 is 5.97 Å². The van der Waals surface area contributed by atoms with Gasteiger partial charge in [-0.3, -0.25) is 0 Å². The van der Waals surface area contributed by atoms with Gasteiger partial charge in [0.05, 0.1) is 5.97 Å². The van der Waals surface area contributed by atoms with E-state index in [9.17, 15) is 9.90 Å². The highest BCUT2D eigenvalue weighted by Gasteiger charge is 2.14. The van der Waals surface area contributed by atoms with Crippen molar-refractivity contribution in [2.75, 3.05) is 0 Å². The number of carbonyl (C=O) groups is 1. The zero-order valence-electron chi connectivity index (χ0n) is 8.39. The molecule has 0 unspecified atom stereocenters. The second-order valence-corrected chi connectivity index (χ2v) is 6.22. The standard InChI is InChI=1S/C13H9IO2/c15-13(16)10-5-4-8-12(9-10)14-11-6-2-1-3-7-11/h1-9H. The largest absolute Gasteiger partial charge is 0.545 e. The molecule has 0 radical (unpaired) electrons. The van der Waals surface area contributed by atoms with Crippen LogP contribution in [0.1, 0.15) is 10.4 Å². The minimum absolute atomic E-state index is 0.258. The Balaban J connectivity index is 2.22. The number of hydrogen-bond acceptors (Lipinski definition) is 2. The molecule has 2 nitrogen and oxygen atoms in total. The van der Waals surface area contributed by atoms with Gasteiger partial charge in [-0.25, -0.2) is 0 Å². The normalized spacial score (nSPS) is 10.0. The van der Waals surface area contributed by atoms with Crippen LogP contribution < -0.4 is 26.3 Å². The van der Waals surface area contributed by atoms with Gasteiger partial charge in [0, 0.05) is 11.6 Å². The molecule has 0 bridgehead atoms. The van der Waals surface area contributed by atoms with Gasteiger partial charge in [-0.15, -0.1) is 0 Å². The first-order valence-electron chi connectivity index (χ1n) is 4.77. The van der Waals surface area contributed by atoms with Gasteiger partial charge in [0.15, 0.2) is 7.14 Å². The average molecular weight is 324 g/mol. The Kier molecular flexibility index (Phi) is 3.56. The van der Waals surface area contributed by atoms with E-state index in [0.29, 0.717) is 0 Å². The molecule has 0 N–H and O–H groups in total. The van der Waals surface area contributed by atoms with E-state index in [1.54, 1.807) is 18.2 Å². The first kappa shape index (κ1) is 11.1. The number of carboxylic acids is 1. The van der Waals surface area contributed by atoms with Crippen LogP contribution in [0.3, 0.4) is 0 Å². The van der Waals surface area contributed by atoms with Gasteiger partial charge in [0.2, 0.25) is 0 Å². The lowest BCUT2D eigenvalue weighted by Crippen LogP contribution is -3.61. The Morgan fingerprint density at radius 1 is 0.938 bits per heavy atom. The summed E-state index contributed by atoms with van der Waals surface area (Å²) in [6.45, 7) is 0. The molecule has 0 heterocycles. The minimum Gasteiger partial charge on any atom is -0.545 e. The van der Waals surface area contributed by atoms with Gasteiger partial charge in [-0.05, 0) is 18.2 Å². The maximum absolute atomic E-state index is 10.7. The van der Waals surface area contributed by atoms with E-state index < -0.39 is 5.97 Å². The fourth-order valence-corrected chi connectivity index (χ4v) is 3.65. The van der Waals surface area contributed by atoms with Crippen molar-refractivity contribution in [2.24, 2.45) is 0 Å². The Morgan fingerprint density at radius 2 is 1.62 bits per heavy atom. The van der Waals surface area contributed by atoms with Crippen molar-refractivity contribution in [1.82, 2.24) is 0 Å². The van der Waals surface area contributed by atoms with Crippen molar-refractivity contribution in [2.45, 2.75) is 0 Å². The van der Waals surface area contributed by atoms with Crippen LogP contribution in [0.2, 0.25) is 0 Å². The molecule has 0 aliphatic carbocycles. The van der Waals surface area contributed by atoms with Crippen LogP contribution in [0.25, 0.3) is 0 Å². The molecule has 0 aromatic heterocycles. The molecule has 0 saturated carbocycles. The van der Waals surface area contributed by atoms with E-state index in [4.69, 9.17) is 0 Å². The van der Waals surface area contributed by atoms with E-state index in [2.05, 4.69) is 12.1 Å². The van der Waals surface area contributed by atoms with Crippen LogP contribution in [0.4, 0.5) is 0 Å². The maximum Gasteiger partial charge on any atom is 0.357 e. The van der Waals surface area contributed by atoms with E-state index >= 15 is 0 Å². The molecule has 2 aromatic rings. The highest BCUT2D eigenvalue weighted by atomic mass is 127. The third-order valence-corrected chi connectivity index (χ3v) is 4.65. The fraction of sp³-hybridized carbons (Fsp3) is 0. The molecular formula is C13H9IO2. The number of carboxylic acid groups (broad SMARTS) is 1. The van der Waals surface area contributed by atoms with E-state index in [0.717, 1.165) is 3.57 Å². The summed E-state index contributed by atoms with van der Waals surface area (Å²) >= 11 is -0.305. The van der Waals surface area contributed by atoms with Crippen LogP contribution in [-0.4, -0.2) is 5.97 Å². The topological polar surface area (TPSA) is 40.1 Å². The van der Waals surface area contributed by atoms with Gasteiger partial charge in [0.1, 0.15) is 0 Å². The average Bonchev–Trinajstić information content (AvgIpc) is 2.30. The number of carbonyl (C=O) groups excluding carboxylic acids is 1. The summed E-state index contributed by atoms with van der Waals surface area (Å²) in [5.41, 5.74) is 0.258. The molecule has 0 atom stereocenters. The summed E-state index contributed by atoms with van der Waals surface area (Å²) in [4.78, 5) is 10.7. The lowest BCUT2D eigenvalue weighted by molar-refractivity contribution is -0.597. The van der Waals surface area contributed by atoms with Crippen molar-refractivity contribution in [3.8, 4) is 0 Å². The van der Waals surface area contributed by atoms with Crippen molar-refractivity contribution in [3.05, 3.63) is 67.3 Å². The van der Waals surface area contributed by atoms with Crippen LogP contribution in [0, 0.1) is 7.14 Å². The minimum atomic E-state index is -1.11. The SMILES string of the molecule is O=C([O-])c1cccc([I+]c2ccccc2)c1. The van der Waals surface area contributed by atoms with E-state index in [1.165, 1.54) is 3.57 Å². The quantitative estimate of drug-likeness (QED) is 0.624. The van der Waals surface area contributed by atoms with Crippen molar-refractivity contribution < 1.29 is 31.1 Å². The second kappa shape index (κ2) is 5.12. The number of hydrogen-bond donors (Lipinski definition) is 0. The van der Waals surface area contributed by atoms with Gasteiger partial charge >= 0.3 is 21.2 Å². The predicted octanol–water partition coefficient (Wildman–Crippen LogP) is -1.82. The molecular weight excluding hydrogens is 315 g/mol. The molecule has 2 rings (SSSR count). The van der Waals surface area contributed by atoms with Gasteiger partial charge in [0.25, 0.3) is 0 Å². The molecule has 0 spiro atoms. The zero-order chi connectivity index (χ0) is 11.4. The first-order chi connectivity index (χ1) is 7.75. The predicted molar refractivity (Wildman–Crippen MR) is 54.6 cm³/mol. The monoisotopic (exact) mass is 324 g/mol. The Hall–Kier alpha value is -1.36. The van der Waals surface area contributed by atoms with E-state index in [1.807, 2.05) is 24.3 Å². The summed E-state index contributed by atoms with van der Waals surface area (Å²) in [7, 11) is 0. The summed E-state index contributed by atoms with van der Waals surface area (Å²) < 4.78 is 2.36. The molecule has 0 aliphatic rings. The summed E-state index contributed by atoms with van der Waals surface area (Å²) in [5.74, 6) is -1.11. The highest BCUT2D eigenvalue weighted by Crippen LogP contribution is 1.95. The van der Waals surface area contributed by atoms with Gasteiger partial charge in [-0.1, -0.05) is 30.3 Å². The number of rotatable bonds is 3. The first-order valence-corrected chi connectivity index (χ1v) is 6.93. The summed E-state index contributed by atoms with van der Waals surface area (Å²) in [6.07, 6.45) is 0. The van der Waals surface area contributed by atoms with Crippen LogP contribution in [0.5, 0.6) is 0 Å². The Labute approximate surface area is 104 Å². The number of benzene rings is 2. The van der Waals surface area contributed by atoms with Crippen molar-refractivity contribution in [3.63, 3.8) is 0 Å². The Bertz CT molecular complexity index is 494. The molecule has 16 heavy (non-hydrogen) atoms. The lowest BCUT2D eigenvalue weighted by Gasteiger charge is -1.99. The summed E-state index contributed by atoms with van der Waals surface area (Å²) in [5, 5.41) is 10.7. The maximum atomic E-state index is 10.7. The third kappa shape index (κ3) is 2.82. The smallest absolute Gasteiger partial charge is 0.357 e. The van der Waals surface area contributed by atoms with Gasteiger partial charge < -0.3 is 9.90 Å². The van der Waals surface area contributed by atoms with Crippen LogP contribution in [0.15, 0.2) is 54.6 Å². The van der Waals surface area contributed by atoms with Crippen LogP contribution >= 0.6 is 0 Å². The molecule has 3 heteroatoms. The number of aromatic carboxylic acids is 1. The number of halogens is 1. The lowest BCUT2D eigenvalue weighted by atomic mass is 10.2. The highest BCUT2D eigenvalue weighted by molar-refractivity contribution is 5.85. The van der Waals surface area contributed by atoms with E-state index in [-0.39, 0.29) is 26.8 Å².